The van der Waals surface area contributed by atoms with E-state index in [-0.39, 0.29) is 11.7 Å². The summed E-state index contributed by atoms with van der Waals surface area (Å²) < 4.78 is 9.93. The summed E-state index contributed by atoms with van der Waals surface area (Å²) >= 11 is 0. The van der Waals surface area contributed by atoms with Gasteiger partial charge in [-0.05, 0) is 35.7 Å². The Labute approximate surface area is 161 Å². The molecule has 0 N–H and O–H groups in total. The second-order valence-corrected chi connectivity index (χ2v) is 6.54. The fourth-order valence-electron chi connectivity index (χ4n) is 3.12. The molecule has 10 heteroatoms. The van der Waals surface area contributed by atoms with Gasteiger partial charge in [-0.3, -0.25) is 10.1 Å². The summed E-state index contributed by atoms with van der Waals surface area (Å²) in [5.74, 6) is 0.365. The molecule has 148 valence electrons. The number of nitro benzene ring substituents is 1. The highest BCUT2D eigenvalue weighted by atomic mass is 16.6. The minimum atomic E-state index is -0.528. The number of rotatable bonds is 6. The van der Waals surface area contributed by atoms with E-state index in [2.05, 4.69) is 14.9 Å². The van der Waals surface area contributed by atoms with Gasteiger partial charge in [0.15, 0.2) is 0 Å². The molecule has 28 heavy (non-hydrogen) atoms. The average Bonchev–Trinajstić information content (AvgIpc) is 3.34. The van der Waals surface area contributed by atoms with E-state index in [9.17, 15) is 14.9 Å². The number of hydrogen-bond donors (Lipinski definition) is 0. The standard InChI is InChI=1S/C18H21N5O5/c1-21(2)18-19-17(28-20-18)14-5-4-10-22(14)13-8-6-12(7-9-16(24)27-3)11-15(13)23(25)26/h6-9,11,14H,4-5,10H2,1-3H3. The van der Waals surface area contributed by atoms with Crippen LogP contribution in [0.25, 0.3) is 6.08 Å². The summed E-state index contributed by atoms with van der Waals surface area (Å²) in [4.78, 5) is 30.5. The number of methoxy groups -OCH3 is 1. The molecule has 1 saturated heterocycles. The minimum Gasteiger partial charge on any atom is -0.466 e. The molecular formula is C18H21N5O5. The van der Waals surface area contributed by atoms with Crippen LogP contribution in [0.2, 0.25) is 0 Å². The van der Waals surface area contributed by atoms with Crippen molar-refractivity contribution in [3.05, 3.63) is 45.8 Å². The van der Waals surface area contributed by atoms with Crippen LogP contribution in [0.15, 0.2) is 28.8 Å². The van der Waals surface area contributed by atoms with Crippen LogP contribution in [0.1, 0.15) is 30.3 Å². The molecule has 2 aromatic rings. The molecule has 0 spiro atoms. The molecule has 0 bridgehead atoms. The van der Waals surface area contributed by atoms with E-state index in [1.54, 1.807) is 17.0 Å². The Balaban J connectivity index is 1.93. The zero-order valence-corrected chi connectivity index (χ0v) is 15.9. The Kier molecular flexibility index (Phi) is 5.57. The highest BCUT2D eigenvalue weighted by Crippen LogP contribution is 2.40. The molecule has 1 aromatic carbocycles. The molecule has 0 radical (unpaired) electrons. The van der Waals surface area contributed by atoms with Gasteiger partial charge >= 0.3 is 5.97 Å². The Morgan fingerprint density at radius 2 is 2.25 bits per heavy atom. The van der Waals surface area contributed by atoms with Crippen molar-refractivity contribution >= 4 is 29.4 Å². The molecule has 1 atom stereocenters. The fourth-order valence-corrected chi connectivity index (χ4v) is 3.12. The second-order valence-electron chi connectivity index (χ2n) is 6.54. The van der Waals surface area contributed by atoms with Crippen LogP contribution in [0.4, 0.5) is 17.3 Å². The molecule has 1 fully saturated rings. The van der Waals surface area contributed by atoms with Crippen LogP contribution in [-0.4, -0.2) is 48.8 Å². The average molecular weight is 387 g/mol. The summed E-state index contributed by atoms with van der Waals surface area (Å²) in [5.41, 5.74) is 0.961. The smallest absolute Gasteiger partial charge is 0.330 e. The zero-order chi connectivity index (χ0) is 20.3. The topological polar surface area (TPSA) is 115 Å². The van der Waals surface area contributed by atoms with E-state index in [4.69, 9.17) is 4.52 Å². The first kappa shape index (κ1) is 19.3. The number of nitrogens with zero attached hydrogens (tertiary/aromatic N) is 5. The monoisotopic (exact) mass is 387 g/mol. The first-order valence-corrected chi connectivity index (χ1v) is 8.72. The molecule has 1 unspecified atom stereocenters. The van der Waals surface area contributed by atoms with Crippen molar-refractivity contribution < 1.29 is 19.0 Å². The molecule has 1 aliphatic rings. The van der Waals surface area contributed by atoms with E-state index in [1.165, 1.54) is 25.3 Å². The Hall–Kier alpha value is -3.43. The quantitative estimate of drug-likeness (QED) is 0.319. The number of aromatic nitrogens is 2. The van der Waals surface area contributed by atoms with Crippen LogP contribution in [-0.2, 0) is 9.53 Å². The molecule has 3 rings (SSSR count). The highest BCUT2D eigenvalue weighted by Gasteiger charge is 2.34. The molecular weight excluding hydrogens is 366 g/mol. The fraction of sp³-hybridized carbons (Fsp3) is 0.389. The first-order valence-electron chi connectivity index (χ1n) is 8.72. The van der Waals surface area contributed by atoms with Crippen LogP contribution < -0.4 is 9.80 Å². The normalized spacial score (nSPS) is 16.5. The van der Waals surface area contributed by atoms with Crippen molar-refractivity contribution in [3.63, 3.8) is 0 Å². The molecule has 2 heterocycles. The molecule has 0 saturated carbocycles. The van der Waals surface area contributed by atoms with E-state index in [0.29, 0.717) is 29.6 Å². The number of carbonyl (C=O) groups is 1. The zero-order valence-electron chi connectivity index (χ0n) is 15.9. The van der Waals surface area contributed by atoms with Crippen molar-refractivity contribution in [2.24, 2.45) is 0 Å². The van der Waals surface area contributed by atoms with Gasteiger partial charge in [0.05, 0.1) is 12.0 Å². The Morgan fingerprint density at radius 3 is 2.89 bits per heavy atom. The van der Waals surface area contributed by atoms with E-state index < -0.39 is 10.9 Å². The van der Waals surface area contributed by atoms with Gasteiger partial charge in [-0.15, -0.1) is 0 Å². The third-order valence-corrected chi connectivity index (χ3v) is 4.49. The highest BCUT2D eigenvalue weighted by molar-refractivity contribution is 5.87. The summed E-state index contributed by atoms with van der Waals surface area (Å²) in [6.07, 6.45) is 4.31. The molecule has 0 amide bonds. The third-order valence-electron chi connectivity index (χ3n) is 4.49. The lowest BCUT2D eigenvalue weighted by Crippen LogP contribution is -2.24. The molecule has 1 aliphatic heterocycles. The lowest BCUT2D eigenvalue weighted by atomic mass is 10.1. The number of benzene rings is 1. The van der Waals surface area contributed by atoms with Gasteiger partial charge in [0, 0.05) is 32.8 Å². The van der Waals surface area contributed by atoms with Crippen molar-refractivity contribution in [3.8, 4) is 0 Å². The number of anilines is 2. The van der Waals surface area contributed by atoms with Gasteiger partial charge in [0.1, 0.15) is 11.7 Å². The number of ether oxygens (including phenoxy) is 1. The first-order chi connectivity index (χ1) is 13.4. The van der Waals surface area contributed by atoms with Gasteiger partial charge in [-0.2, -0.15) is 4.98 Å². The SMILES string of the molecule is COC(=O)C=Cc1ccc(N2CCCC2c2nc(N(C)C)no2)c([N+](=O)[O-])c1. The Bertz CT molecular complexity index is 908. The van der Waals surface area contributed by atoms with Crippen LogP contribution in [0.3, 0.4) is 0 Å². The second kappa shape index (κ2) is 8.07. The summed E-state index contributed by atoms with van der Waals surface area (Å²) in [6.45, 7) is 0.641. The maximum atomic E-state index is 11.7. The number of nitro groups is 1. The predicted octanol–water partition coefficient (Wildman–Crippen LogP) is 2.57. The number of esters is 1. The third kappa shape index (κ3) is 3.95. The van der Waals surface area contributed by atoms with Gasteiger partial charge in [0.2, 0.25) is 0 Å². The molecule has 10 nitrogen and oxygen atoms in total. The largest absolute Gasteiger partial charge is 0.466 e. The maximum absolute atomic E-state index is 11.7. The van der Waals surface area contributed by atoms with E-state index >= 15 is 0 Å². The Morgan fingerprint density at radius 1 is 1.46 bits per heavy atom. The summed E-state index contributed by atoms with van der Waals surface area (Å²) in [7, 11) is 4.89. The van der Waals surface area contributed by atoms with Gasteiger partial charge in [0.25, 0.3) is 17.5 Å². The molecule has 1 aromatic heterocycles. The van der Waals surface area contributed by atoms with Crippen LogP contribution in [0.5, 0.6) is 0 Å². The lowest BCUT2D eigenvalue weighted by Gasteiger charge is -2.24. The maximum Gasteiger partial charge on any atom is 0.330 e. The summed E-state index contributed by atoms with van der Waals surface area (Å²) in [5, 5.41) is 15.6. The van der Waals surface area contributed by atoms with Crippen LogP contribution >= 0.6 is 0 Å². The van der Waals surface area contributed by atoms with Crippen molar-refractivity contribution in [1.82, 2.24) is 10.1 Å². The summed E-state index contributed by atoms with van der Waals surface area (Å²) in [6, 6.07) is 4.60. The van der Waals surface area contributed by atoms with E-state index in [1.807, 2.05) is 19.0 Å². The van der Waals surface area contributed by atoms with Crippen molar-refractivity contribution in [2.45, 2.75) is 18.9 Å². The van der Waals surface area contributed by atoms with Gasteiger partial charge in [-0.25, -0.2) is 4.79 Å². The van der Waals surface area contributed by atoms with Gasteiger partial charge < -0.3 is 19.1 Å². The van der Waals surface area contributed by atoms with E-state index in [0.717, 1.165) is 12.8 Å². The number of hydrogen-bond acceptors (Lipinski definition) is 9. The minimum absolute atomic E-state index is 0.0498. The van der Waals surface area contributed by atoms with Crippen LogP contribution in [0, 0.1) is 10.1 Å². The van der Waals surface area contributed by atoms with Crippen molar-refractivity contribution in [2.75, 3.05) is 37.5 Å². The predicted molar refractivity (Wildman–Crippen MR) is 102 cm³/mol. The number of carbonyl (C=O) groups excluding carboxylic acids is 1. The van der Waals surface area contributed by atoms with Crippen molar-refractivity contribution in [1.29, 1.82) is 0 Å². The van der Waals surface area contributed by atoms with Gasteiger partial charge in [-0.1, -0.05) is 6.07 Å². The lowest BCUT2D eigenvalue weighted by molar-refractivity contribution is -0.384. The molecule has 0 aliphatic carbocycles.